The molecule has 0 saturated heterocycles. The summed E-state index contributed by atoms with van der Waals surface area (Å²) in [5.74, 6) is 0.338. The van der Waals surface area contributed by atoms with Gasteiger partial charge in [-0.25, -0.2) is 4.79 Å². The first-order valence-electron chi connectivity index (χ1n) is 5.33. The maximum absolute atomic E-state index is 11.7. The van der Waals surface area contributed by atoms with Gasteiger partial charge >= 0.3 is 5.97 Å². The Morgan fingerprint density at radius 1 is 1.39 bits per heavy atom. The molecule has 0 spiro atoms. The number of nitrogen functional groups attached to an aromatic ring is 1. The van der Waals surface area contributed by atoms with E-state index in [0.717, 1.165) is 11.3 Å². The number of ether oxygens (including phenoxy) is 2. The Morgan fingerprint density at radius 2 is 2.22 bits per heavy atom. The Morgan fingerprint density at radius 3 is 2.89 bits per heavy atom. The highest BCUT2D eigenvalue weighted by Gasteiger charge is 2.12. The van der Waals surface area contributed by atoms with E-state index in [0.29, 0.717) is 10.6 Å². The van der Waals surface area contributed by atoms with E-state index in [1.54, 1.807) is 18.6 Å². The number of methoxy groups -OCH3 is 1. The van der Waals surface area contributed by atoms with Crippen LogP contribution in [0.15, 0.2) is 35.7 Å². The number of esters is 1. The van der Waals surface area contributed by atoms with Gasteiger partial charge in [0.05, 0.1) is 12.8 Å². The van der Waals surface area contributed by atoms with Gasteiger partial charge < -0.3 is 15.2 Å². The fraction of sp³-hybridized carbons (Fsp3) is 0.154. The van der Waals surface area contributed by atoms with Gasteiger partial charge in [0.2, 0.25) is 0 Å². The summed E-state index contributed by atoms with van der Waals surface area (Å²) in [5, 5.41) is 1.76. The summed E-state index contributed by atoms with van der Waals surface area (Å²) in [6.07, 6.45) is 0. The van der Waals surface area contributed by atoms with Crippen LogP contribution in [0.1, 0.15) is 15.2 Å². The molecule has 0 atom stereocenters. The molecule has 1 heterocycles. The summed E-state index contributed by atoms with van der Waals surface area (Å²) >= 11 is 1.28. The van der Waals surface area contributed by atoms with Crippen molar-refractivity contribution in [2.45, 2.75) is 6.61 Å². The molecule has 5 heteroatoms. The standard InChI is InChI=1S/C13H13NO3S/c1-16-10-4-2-3-9(7-10)8-17-13(15)12-11(14)5-6-18-12/h2-7H,8,14H2,1H3. The Hall–Kier alpha value is -2.01. The second-order valence-corrected chi connectivity index (χ2v) is 4.55. The molecular formula is C13H13NO3S. The summed E-state index contributed by atoms with van der Waals surface area (Å²) < 4.78 is 10.3. The van der Waals surface area contributed by atoms with Crippen molar-refractivity contribution in [3.8, 4) is 5.75 Å². The van der Waals surface area contributed by atoms with E-state index in [1.807, 2.05) is 24.3 Å². The van der Waals surface area contributed by atoms with Gasteiger partial charge in [0.25, 0.3) is 0 Å². The maximum Gasteiger partial charge on any atom is 0.350 e. The number of benzene rings is 1. The van der Waals surface area contributed by atoms with Crippen LogP contribution in [-0.2, 0) is 11.3 Å². The van der Waals surface area contributed by atoms with Crippen LogP contribution in [0.25, 0.3) is 0 Å². The summed E-state index contributed by atoms with van der Waals surface area (Å²) in [5.41, 5.74) is 6.97. The number of carbonyl (C=O) groups is 1. The van der Waals surface area contributed by atoms with Gasteiger partial charge in [0.15, 0.2) is 0 Å². The first kappa shape index (κ1) is 12.4. The maximum atomic E-state index is 11.7. The molecule has 2 aromatic rings. The molecule has 0 unspecified atom stereocenters. The molecule has 0 saturated carbocycles. The predicted octanol–water partition coefficient (Wildman–Crippen LogP) is 2.70. The molecule has 1 aromatic heterocycles. The minimum atomic E-state index is -0.398. The van der Waals surface area contributed by atoms with E-state index in [9.17, 15) is 4.79 Å². The van der Waals surface area contributed by atoms with Crippen molar-refractivity contribution in [1.82, 2.24) is 0 Å². The van der Waals surface area contributed by atoms with Crippen LogP contribution >= 0.6 is 11.3 Å². The molecule has 0 amide bonds. The number of hydrogen-bond acceptors (Lipinski definition) is 5. The van der Waals surface area contributed by atoms with E-state index in [-0.39, 0.29) is 6.61 Å². The van der Waals surface area contributed by atoms with E-state index in [2.05, 4.69) is 0 Å². The van der Waals surface area contributed by atoms with E-state index in [1.165, 1.54) is 11.3 Å². The lowest BCUT2D eigenvalue weighted by atomic mass is 10.2. The van der Waals surface area contributed by atoms with Crippen molar-refractivity contribution in [2.75, 3.05) is 12.8 Å². The highest BCUT2D eigenvalue weighted by atomic mass is 32.1. The van der Waals surface area contributed by atoms with Crippen molar-refractivity contribution >= 4 is 23.0 Å². The van der Waals surface area contributed by atoms with Crippen molar-refractivity contribution in [2.24, 2.45) is 0 Å². The Bertz CT molecular complexity index is 551. The van der Waals surface area contributed by atoms with Gasteiger partial charge in [0, 0.05) is 0 Å². The second kappa shape index (κ2) is 5.55. The highest BCUT2D eigenvalue weighted by molar-refractivity contribution is 7.12. The average molecular weight is 263 g/mol. The molecule has 0 aliphatic carbocycles. The van der Waals surface area contributed by atoms with Crippen LogP contribution in [0, 0.1) is 0 Å². The molecule has 4 nitrogen and oxygen atoms in total. The number of hydrogen-bond donors (Lipinski definition) is 1. The number of rotatable bonds is 4. The lowest BCUT2D eigenvalue weighted by molar-refractivity contribution is 0.0479. The van der Waals surface area contributed by atoms with Crippen LogP contribution < -0.4 is 10.5 Å². The van der Waals surface area contributed by atoms with Gasteiger partial charge in [0.1, 0.15) is 17.2 Å². The van der Waals surface area contributed by atoms with Gasteiger partial charge in [-0.2, -0.15) is 0 Å². The van der Waals surface area contributed by atoms with Gasteiger partial charge in [-0.05, 0) is 29.1 Å². The minimum Gasteiger partial charge on any atom is -0.497 e. The average Bonchev–Trinajstić information content (AvgIpc) is 2.82. The number of anilines is 1. The molecule has 0 bridgehead atoms. The lowest BCUT2D eigenvalue weighted by Crippen LogP contribution is -2.05. The molecule has 0 aliphatic rings. The fourth-order valence-corrected chi connectivity index (χ4v) is 2.17. The number of carbonyl (C=O) groups excluding carboxylic acids is 1. The van der Waals surface area contributed by atoms with Crippen molar-refractivity contribution in [1.29, 1.82) is 0 Å². The zero-order valence-corrected chi connectivity index (χ0v) is 10.7. The summed E-state index contributed by atoms with van der Waals surface area (Å²) in [7, 11) is 1.59. The van der Waals surface area contributed by atoms with Crippen LogP contribution in [0.4, 0.5) is 5.69 Å². The molecule has 2 N–H and O–H groups in total. The first-order valence-corrected chi connectivity index (χ1v) is 6.21. The highest BCUT2D eigenvalue weighted by Crippen LogP contribution is 2.20. The van der Waals surface area contributed by atoms with Crippen LogP contribution in [-0.4, -0.2) is 13.1 Å². The molecule has 0 fully saturated rings. The SMILES string of the molecule is COc1cccc(COC(=O)c2sccc2N)c1. The normalized spacial score (nSPS) is 10.1. The molecule has 0 aliphatic heterocycles. The molecule has 2 rings (SSSR count). The third kappa shape index (κ3) is 2.81. The Labute approximate surface area is 109 Å². The van der Waals surface area contributed by atoms with Crippen molar-refractivity contribution < 1.29 is 14.3 Å². The summed E-state index contributed by atoms with van der Waals surface area (Å²) in [6, 6.07) is 9.07. The minimum absolute atomic E-state index is 0.202. The van der Waals surface area contributed by atoms with Crippen molar-refractivity contribution in [3.05, 3.63) is 46.2 Å². The summed E-state index contributed by atoms with van der Waals surface area (Å²) in [6.45, 7) is 0.202. The van der Waals surface area contributed by atoms with E-state index >= 15 is 0 Å². The second-order valence-electron chi connectivity index (χ2n) is 3.63. The zero-order valence-electron chi connectivity index (χ0n) is 9.88. The zero-order chi connectivity index (χ0) is 13.0. The molecule has 94 valence electrons. The van der Waals surface area contributed by atoms with Gasteiger partial charge in [-0.3, -0.25) is 0 Å². The monoisotopic (exact) mass is 263 g/mol. The number of thiophene rings is 1. The first-order chi connectivity index (χ1) is 8.70. The quantitative estimate of drug-likeness (QED) is 0.861. The molecule has 1 aromatic carbocycles. The fourth-order valence-electron chi connectivity index (χ4n) is 1.46. The van der Waals surface area contributed by atoms with Crippen LogP contribution in [0.5, 0.6) is 5.75 Å². The molecule has 18 heavy (non-hydrogen) atoms. The molecular weight excluding hydrogens is 250 g/mol. The van der Waals surface area contributed by atoms with Gasteiger partial charge in [-0.1, -0.05) is 12.1 Å². The van der Waals surface area contributed by atoms with Crippen molar-refractivity contribution in [3.63, 3.8) is 0 Å². The van der Waals surface area contributed by atoms with E-state index in [4.69, 9.17) is 15.2 Å². The third-order valence-corrected chi connectivity index (χ3v) is 3.30. The van der Waals surface area contributed by atoms with Gasteiger partial charge in [-0.15, -0.1) is 11.3 Å². The topological polar surface area (TPSA) is 61.5 Å². The third-order valence-electron chi connectivity index (χ3n) is 2.39. The predicted molar refractivity (Wildman–Crippen MR) is 70.8 cm³/mol. The smallest absolute Gasteiger partial charge is 0.350 e. The largest absolute Gasteiger partial charge is 0.497 e. The molecule has 0 radical (unpaired) electrons. The Balaban J connectivity index is 1.99. The Kier molecular flexibility index (Phi) is 3.84. The van der Waals surface area contributed by atoms with Crippen LogP contribution in [0.2, 0.25) is 0 Å². The number of nitrogens with two attached hydrogens (primary N) is 1. The van der Waals surface area contributed by atoms with E-state index < -0.39 is 5.97 Å². The summed E-state index contributed by atoms with van der Waals surface area (Å²) in [4.78, 5) is 12.2. The lowest BCUT2D eigenvalue weighted by Gasteiger charge is -2.06. The van der Waals surface area contributed by atoms with Crippen LogP contribution in [0.3, 0.4) is 0 Å².